The molecule has 0 spiro atoms. The number of rotatable bonds is 4. The lowest BCUT2D eigenvalue weighted by Crippen LogP contribution is -2.01. The maximum Gasteiger partial charge on any atom is 0.0802 e. The molecule has 1 aliphatic rings. The zero-order valence-corrected chi connectivity index (χ0v) is 25.7. The van der Waals surface area contributed by atoms with Crippen molar-refractivity contribution in [2.45, 2.75) is 12.1 Å². The maximum atomic E-state index is 6.63. The van der Waals surface area contributed by atoms with Crippen molar-refractivity contribution in [2.75, 3.05) is 10.6 Å². The van der Waals surface area contributed by atoms with Crippen molar-refractivity contribution < 1.29 is 0 Å². The number of hydrogen-bond donors (Lipinski definition) is 1. The highest BCUT2D eigenvalue weighted by molar-refractivity contribution is 6.28. The minimum absolute atomic E-state index is 0.153. The summed E-state index contributed by atoms with van der Waals surface area (Å²) in [6.45, 7) is 0. The number of aromatic nitrogens is 1. The molecule has 3 nitrogen and oxygen atoms in total. The summed E-state index contributed by atoms with van der Waals surface area (Å²) in [6, 6.07) is 59.7. The van der Waals surface area contributed by atoms with Crippen LogP contribution in [0.15, 0.2) is 164 Å². The molecule has 9 aromatic rings. The Kier molecular flexibility index (Phi) is 5.55. The van der Waals surface area contributed by atoms with Crippen LogP contribution in [0.25, 0.3) is 59.8 Å². The van der Waals surface area contributed by atoms with Crippen molar-refractivity contribution in [3.8, 4) is 5.69 Å². The van der Waals surface area contributed by atoms with E-state index in [1.165, 1.54) is 65.3 Å². The predicted molar refractivity (Wildman–Crippen MR) is 199 cm³/mol. The van der Waals surface area contributed by atoms with Crippen LogP contribution in [-0.2, 0) is 0 Å². The van der Waals surface area contributed by atoms with Gasteiger partial charge in [0.15, 0.2) is 0 Å². The average molecular weight is 602 g/mol. The monoisotopic (exact) mass is 601 g/mol. The summed E-state index contributed by atoms with van der Waals surface area (Å²) < 4.78 is 2.46. The van der Waals surface area contributed by atoms with Gasteiger partial charge in [-0.3, -0.25) is 0 Å². The number of nitrogens with two attached hydrogens (primary N) is 1. The van der Waals surface area contributed by atoms with Crippen molar-refractivity contribution in [3.63, 3.8) is 0 Å². The molecule has 2 N–H and O–H groups in total. The molecule has 47 heavy (non-hydrogen) atoms. The number of nitrogen functional groups attached to an aromatic ring is 1. The van der Waals surface area contributed by atoms with E-state index in [0.717, 1.165) is 17.1 Å². The summed E-state index contributed by atoms with van der Waals surface area (Å²) in [4.78, 5) is 2.49. The molecule has 0 bridgehead atoms. The lowest BCUT2D eigenvalue weighted by molar-refractivity contribution is 1.03. The van der Waals surface area contributed by atoms with Crippen molar-refractivity contribution >= 4 is 65.5 Å². The van der Waals surface area contributed by atoms with E-state index in [1.54, 1.807) is 0 Å². The van der Waals surface area contributed by atoms with Crippen LogP contribution >= 0.6 is 0 Å². The van der Waals surface area contributed by atoms with Crippen LogP contribution in [0, 0.1) is 0 Å². The lowest BCUT2D eigenvalue weighted by atomic mass is 9.98. The van der Waals surface area contributed by atoms with Gasteiger partial charge in [-0.25, -0.2) is 0 Å². The first-order chi connectivity index (χ1) is 23.3. The van der Waals surface area contributed by atoms with E-state index in [9.17, 15) is 0 Å². The van der Waals surface area contributed by atoms with Crippen LogP contribution in [0.1, 0.15) is 23.2 Å². The quantitative estimate of drug-likeness (QED) is 0.161. The van der Waals surface area contributed by atoms with Gasteiger partial charge in [0.25, 0.3) is 0 Å². The molecule has 1 unspecified atom stereocenters. The standard InChI is InChI=1S/C44H31N3/c45-37-21-7-8-22-38(37)47-43(44(47)36-20-10-14-28-11-1-4-17-33(28)36)31-15-9-16-32(27-31)46-39-25-23-29-12-2-5-18-34(29)41(39)42-35-19-6-3-13-30(35)24-26-40(42)46/h1-27,43-44H,45H2/t43-,44?,47?/m1/s1. The highest BCUT2D eigenvalue weighted by atomic mass is 15.4. The van der Waals surface area contributed by atoms with Crippen molar-refractivity contribution in [3.05, 3.63) is 175 Å². The molecule has 2 heterocycles. The Hall–Kier alpha value is -6.06. The molecule has 1 fully saturated rings. The van der Waals surface area contributed by atoms with Gasteiger partial charge in [-0.15, -0.1) is 0 Å². The second kappa shape index (κ2) is 9.97. The molecule has 0 aliphatic carbocycles. The van der Waals surface area contributed by atoms with Crippen LogP contribution in [0.5, 0.6) is 0 Å². The fourth-order valence-corrected chi connectivity index (χ4v) is 8.10. The van der Waals surface area contributed by atoms with Crippen LogP contribution in [0.4, 0.5) is 11.4 Å². The van der Waals surface area contributed by atoms with Gasteiger partial charge in [0.1, 0.15) is 0 Å². The Morgan fingerprint density at radius 1 is 0.447 bits per heavy atom. The zero-order chi connectivity index (χ0) is 31.1. The zero-order valence-electron chi connectivity index (χ0n) is 25.7. The summed E-state index contributed by atoms with van der Waals surface area (Å²) in [5, 5.41) is 10.2. The summed E-state index contributed by atoms with van der Waals surface area (Å²) in [5.41, 5.74) is 14.7. The topological polar surface area (TPSA) is 34.0 Å². The Morgan fingerprint density at radius 3 is 1.68 bits per heavy atom. The third-order valence-electron chi connectivity index (χ3n) is 10.2. The second-order valence-electron chi connectivity index (χ2n) is 12.7. The number of fused-ring (bicyclic) bond motifs is 8. The first-order valence-electron chi connectivity index (χ1n) is 16.3. The van der Waals surface area contributed by atoms with Crippen molar-refractivity contribution in [1.82, 2.24) is 4.57 Å². The van der Waals surface area contributed by atoms with E-state index in [0.29, 0.717) is 0 Å². The van der Waals surface area contributed by atoms with Crippen LogP contribution < -0.4 is 10.6 Å². The van der Waals surface area contributed by atoms with Gasteiger partial charge in [-0.2, -0.15) is 0 Å². The van der Waals surface area contributed by atoms with Gasteiger partial charge in [0, 0.05) is 16.5 Å². The van der Waals surface area contributed by atoms with E-state index in [2.05, 4.69) is 161 Å². The Labute approximate surface area is 272 Å². The largest absolute Gasteiger partial charge is 0.397 e. The third-order valence-corrected chi connectivity index (χ3v) is 10.2. The molecular formula is C44H31N3. The highest BCUT2D eigenvalue weighted by Gasteiger charge is 2.50. The fraction of sp³-hybridized carbons (Fsp3) is 0.0455. The van der Waals surface area contributed by atoms with Crippen molar-refractivity contribution in [1.29, 1.82) is 0 Å². The molecule has 1 saturated heterocycles. The summed E-state index contributed by atoms with van der Waals surface area (Å²) in [7, 11) is 0. The molecule has 1 aliphatic heterocycles. The van der Waals surface area contributed by atoms with Crippen LogP contribution in [0.2, 0.25) is 0 Å². The van der Waals surface area contributed by atoms with Gasteiger partial charge < -0.3 is 15.2 Å². The predicted octanol–water partition coefficient (Wildman–Crippen LogP) is 11.1. The van der Waals surface area contributed by atoms with E-state index in [4.69, 9.17) is 5.73 Å². The molecule has 10 rings (SSSR count). The van der Waals surface area contributed by atoms with E-state index in [-0.39, 0.29) is 12.1 Å². The molecule has 1 aromatic heterocycles. The van der Waals surface area contributed by atoms with E-state index >= 15 is 0 Å². The molecule has 0 radical (unpaired) electrons. The number of benzene rings is 8. The number of hydrogen-bond acceptors (Lipinski definition) is 2. The Bertz CT molecular complexity index is 2580. The molecular weight excluding hydrogens is 571 g/mol. The fourth-order valence-electron chi connectivity index (χ4n) is 8.10. The maximum absolute atomic E-state index is 6.63. The molecule has 3 heteroatoms. The smallest absolute Gasteiger partial charge is 0.0802 e. The van der Waals surface area contributed by atoms with Gasteiger partial charge >= 0.3 is 0 Å². The van der Waals surface area contributed by atoms with Gasteiger partial charge in [-0.05, 0) is 79.8 Å². The SMILES string of the molecule is Nc1ccccc1N1C(c2cccc3ccccc23)[C@H]1c1cccc(-n2c3ccc4ccccc4c3c3c4ccccc4ccc32)c1. The lowest BCUT2D eigenvalue weighted by Gasteiger charge is -2.12. The number of nitrogens with zero attached hydrogens (tertiary/aromatic N) is 2. The second-order valence-corrected chi connectivity index (χ2v) is 12.7. The van der Waals surface area contributed by atoms with Crippen LogP contribution in [-0.4, -0.2) is 4.57 Å². The third kappa shape index (κ3) is 3.87. The Balaban J connectivity index is 1.21. The average Bonchev–Trinajstić information content (AvgIpc) is 3.76. The number of anilines is 2. The van der Waals surface area contributed by atoms with E-state index in [1.807, 2.05) is 12.1 Å². The molecule has 8 aromatic carbocycles. The minimum Gasteiger partial charge on any atom is -0.397 e. The number of para-hydroxylation sites is 2. The normalized spacial score (nSPS) is 16.1. The van der Waals surface area contributed by atoms with Crippen LogP contribution in [0.3, 0.4) is 0 Å². The minimum atomic E-state index is 0.153. The molecule has 0 saturated carbocycles. The Morgan fingerprint density at radius 2 is 1.00 bits per heavy atom. The summed E-state index contributed by atoms with van der Waals surface area (Å²) in [6.07, 6.45) is 0. The molecule has 222 valence electrons. The summed E-state index contributed by atoms with van der Waals surface area (Å²) >= 11 is 0. The molecule has 0 amide bonds. The van der Waals surface area contributed by atoms with Gasteiger partial charge in [-0.1, -0.05) is 127 Å². The van der Waals surface area contributed by atoms with Gasteiger partial charge in [0.2, 0.25) is 0 Å². The van der Waals surface area contributed by atoms with Crippen molar-refractivity contribution in [2.24, 2.45) is 0 Å². The molecule has 2 atom stereocenters. The van der Waals surface area contributed by atoms with E-state index < -0.39 is 0 Å². The highest BCUT2D eigenvalue weighted by Crippen LogP contribution is 2.59. The first kappa shape index (κ1) is 26.2. The first-order valence-corrected chi connectivity index (χ1v) is 16.3. The van der Waals surface area contributed by atoms with Gasteiger partial charge in [0.05, 0.1) is 34.5 Å². The summed E-state index contributed by atoms with van der Waals surface area (Å²) in [5.74, 6) is 0.